The van der Waals surface area contributed by atoms with Gasteiger partial charge in [0.25, 0.3) is 0 Å². The lowest BCUT2D eigenvalue weighted by Crippen LogP contribution is -2.62. The number of hydrogen-bond donors (Lipinski definition) is 10. The lowest BCUT2D eigenvalue weighted by atomic mass is 9.89. The van der Waals surface area contributed by atoms with Gasteiger partial charge in [-0.25, -0.2) is 0 Å². The summed E-state index contributed by atoms with van der Waals surface area (Å²) in [4.78, 5) is 13.1. The second kappa shape index (κ2) is 11.7. The SMILES string of the molecule is O=c1cc(-c2ccc(O)c(O)c2)oc2c([C@@H]3O[C@H](CO)[C@@H](O)[C@H](O)[C@H]3O[C@@H]3O[C@H](CO)[C@@H](O)[C@H](O)[C@H]3O)ccc(O)c12. The van der Waals surface area contributed by atoms with E-state index in [0.29, 0.717) is 0 Å². The number of aliphatic hydroxyl groups is 7. The molecule has 2 fully saturated rings. The van der Waals surface area contributed by atoms with Crippen LogP contribution in [0.15, 0.2) is 45.6 Å². The van der Waals surface area contributed by atoms with Crippen molar-refractivity contribution in [3.05, 3.63) is 52.2 Å². The number of aromatic hydroxyl groups is 3. The second-order valence-corrected chi connectivity index (χ2v) is 10.1. The third-order valence-electron chi connectivity index (χ3n) is 7.46. The van der Waals surface area contributed by atoms with E-state index in [0.717, 1.165) is 24.3 Å². The predicted octanol–water partition coefficient (Wildman–Crippen LogP) is -2.08. The Kier molecular flexibility index (Phi) is 8.41. The Morgan fingerprint density at radius 1 is 0.714 bits per heavy atom. The summed E-state index contributed by atoms with van der Waals surface area (Å²) in [5.74, 6) is -1.51. The Morgan fingerprint density at radius 3 is 2.02 bits per heavy atom. The first-order valence-electron chi connectivity index (χ1n) is 12.9. The van der Waals surface area contributed by atoms with Gasteiger partial charge in [0, 0.05) is 17.2 Å². The smallest absolute Gasteiger partial charge is 0.197 e. The number of ether oxygens (including phenoxy) is 3. The molecule has 10 N–H and O–H groups in total. The summed E-state index contributed by atoms with van der Waals surface area (Å²) < 4.78 is 23.0. The van der Waals surface area contributed by atoms with Gasteiger partial charge in [-0.1, -0.05) is 0 Å². The van der Waals surface area contributed by atoms with Crippen molar-refractivity contribution in [1.82, 2.24) is 0 Å². The molecule has 0 bridgehead atoms. The van der Waals surface area contributed by atoms with E-state index in [2.05, 4.69) is 0 Å². The molecular weight excluding hydrogens is 564 g/mol. The molecule has 5 rings (SSSR count). The van der Waals surface area contributed by atoms with Crippen LogP contribution in [0.2, 0.25) is 0 Å². The first-order valence-corrected chi connectivity index (χ1v) is 12.9. The van der Waals surface area contributed by atoms with Crippen molar-refractivity contribution in [2.24, 2.45) is 0 Å². The topological polar surface area (TPSA) is 260 Å². The largest absolute Gasteiger partial charge is 0.507 e. The molecule has 0 unspecified atom stereocenters. The maximum Gasteiger partial charge on any atom is 0.197 e. The van der Waals surface area contributed by atoms with Crippen molar-refractivity contribution in [3.8, 4) is 28.6 Å². The van der Waals surface area contributed by atoms with Crippen LogP contribution in [0.25, 0.3) is 22.3 Å². The van der Waals surface area contributed by atoms with Crippen LogP contribution in [0.5, 0.6) is 17.2 Å². The number of phenolic OH excluding ortho intramolecular Hbond substituents is 3. The highest BCUT2D eigenvalue weighted by atomic mass is 16.7. The van der Waals surface area contributed by atoms with Gasteiger partial charge in [-0.05, 0) is 30.3 Å². The third-order valence-corrected chi connectivity index (χ3v) is 7.46. The van der Waals surface area contributed by atoms with Gasteiger partial charge in [0.2, 0.25) is 0 Å². The van der Waals surface area contributed by atoms with Gasteiger partial charge >= 0.3 is 0 Å². The normalized spacial score (nSPS) is 33.6. The van der Waals surface area contributed by atoms with Gasteiger partial charge in [0.15, 0.2) is 23.2 Å². The lowest BCUT2D eigenvalue weighted by Gasteiger charge is -2.46. The molecule has 2 aliphatic heterocycles. The minimum absolute atomic E-state index is 0.0243. The van der Waals surface area contributed by atoms with Gasteiger partial charge < -0.3 is 69.7 Å². The quantitative estimate of drug-likeness (QED) is 0.137. The molecule has 42 heavy (non-hydrogen) atoms. The molecule has 3 aromatic rings. The summed E-state index contributed by atoms with van der Waals surface area (Å²) in [5.41, 5.74) is -0.845. The maximum absolute atomic E-state index is 13.1. The van der Waals surface area contributed by atoms with E-state index >= 15 is 0 Å². The van der Waals surface area contributed by atoms with Crippen LogP contribution < -0.4 is 5.43 Å². The van der Waals surface area contributed by atoms with Crippen molar-refractivity contribution < 1.29 is 69.7 Å². The number of aliphatic hydroxyl groups excluding tert-OH is 7. The van der Waals surface area contributed by atoms with Crippen LogP contribution >= 0.6 is 0 Å². The van der Waals surface area contributed by atoms with Gasteiger partial charge in [0.05, 0.1) is 13.2 Å². The predicted molar refractivity (Wildman–Crippen MR) is 138 cm³/mol. The zero-order chi connectivity index (χ0) is 30.5. The van der Waals surface area contributed by atoms with Gasteiger partial charge in [0.1, 0.15) is 77.4 Å². The van der Waals surface area contributed by atoms with E-state index in [4.69, 9.17) is 18.6 Å². The molecule has 10 atom stereocenters. The monoisotopic (exact) mass is 594 g/mol. The third kappa shape index (κ3) is 5.20. The molecule has 228 valence electrons. The van der Waals surface area contributed by atoms with Crippen molar-refractivity contribution >= 4 is 11.0 Å². The molecule has 0 saturated carbocycles. The van der Waals surface area contributed by atoms with Crippen molar-refractivity contribution in [1.29, 1.82) is 0 Å². The molecule has 2 aromatic carbocycles. The number of fused-ring (bicyclic) bond motifs is 1. The molecule has 1 aromatic heterocycles. The molecule has 15 heteroatoms. The van der Waals surface area contributed by atoms with E-state index in [1.807, 2.05) is 0 Å². The van der Waals surface area contributed by atoms with Crippen LogP contribution in [0.4, 0.5) is 0 Å². The highest BCUT2D eigenvalue weighted by Crippen LogP contribution is 2.41. The minimum atomic E-state index is -1.88. The summed E-state index contributed by atoms with van der Waals surface area (Å²) in [5, 5.41) is 102. The van der Waals surface area contributed by atoms with Crippen molar-refractivity contribution in [3.63, 3.8) is 0 Å². The van der Waals surface area contributed by atoms with Crippen LogP contribution in [0.1, 0.15) is 11.7 Å². The summed E-state index contributed by atoms with van der Waals surface area (Å²) in [6.07, 6.45) is -16.6. The summed E-state index contributed by atoms with van der Waals surface area (Å²) in [7, 11) is 0. The Balaban J connectivity index is 1.63. The van der Waals surface area contributed by atoms with Crippen LogP contribution in [0.3, 0.4) is 0 Å². The van der Waals surface area contributed by atoms with E-state index in [1.165, 1.54) is 12.1 Å². The molecule has 0 spiro atoms. The fourth-order valence-electron chi connectivity index (χ4n) is 5.14. The average molecular weight is 595 g/mol. The summed E-state index contributed by atoms with van der Waals surface area (Å²) in [6.45, 7) is -1.53. The zero-order valence-corrected chi connectivity index (χ0v) is 21.7. The Bertz CT molecular complexity index is 1490. The van der Waals surface area contributed by atoms with Gasteiger partial charge in [-0.3, -0.25) is 4.79 Å². The van der Waals surface area contributed by atoms with Crippen LogP contribution in [-0.2, 0) is 14.2 Å². The minimum Gasteiger partial charge on any atom is -0.507 e. The second-order valence-electron chi connectivity index (χ2n) is 10.1. The first kappa shape index (κ1) is 30.1. The van der Waals surface area contributed by atoms with E-state index in [9.17, 15) is 55.9 Å². The Labute approximate surface area is 236 Å². The lowest BCUT2D eigenvalue weighted by molar-refractivity contribution is -0.342. The van der Waals surface area contributed by atoms with Crippen molar-refractivity contribution in [2.45, 2.75) is 61.2 Å². The van der Waals surface area contributed by atoms with E-state index in [-0.39, 0.29) is 27.9 Å². The highest BCUT2D eigenvalue weighted by Gasteiger charge is 2.51. The van der Waals surface area contributed by atoms with Gasteiger partial charge in [-0.15, -0.1) is 0 Å². The number of benzene rings is 2. The molecular formula is C27H30O15. The summed E-state index contributed by atoms with van der Waals surface area (Å²) >= 11 is 0. The number of phenols is 3. The Morgan fingerprint density at radius 2 is 1.36 bits per heavy atom. The Hall–Kier alpha value is -3.35. The maximum atomic E-state index is 13.1. The fourth-order valence-corrected chi connectivity index (χ4v) is 5.14. The highest BCUT2D eigenvalue weighted by molar-refractivity contribution is 5.87. The number of rotatable bonds is 6. The van der Waals surface area contributed by atoms with Crippen molar-refractivity contribution in [2.75, 3.05) is 13.2 Å². The summed E-state index contributed by atoms with van der Waals surface area (Å²) in [6, 6.07) is 7.09. The molecule has 0 radical (unpaired) electrons. The van der Waals surface area contributed by atoms with Crippen LogP contribution in [0, 0.1) is 0 Å². The molecule has 3 heterocycles. The molecule has 0 amide bonds. The fraction of sp³-hybridized carbons (Fsp3) is 0.444. The molecule has 2 aliphatic rings. The molecule has 0 aliphatic carbocycles. The number of hydrogen-bond acceptors (Lipinski definition) is 15. The standard InChI is InChI=1S/C27H30O15/c28-7-16-20(35)22(37)26(42-27-23(38)21(36)19(34)17(8-29)41-27)25(40-16)10-2-4-12(31)18-14(33)6-15(39-24(10)18)9-1-3-11(30)13(32)5-9/h1-6,16-17,19-23,25-32,34-38H,7-8H2/t16-,17-,19-,20-,21+,22+,23-,25+,26-,27+/m1/s1. The van der Waals surface area contributed by atoms with E-state index in [1.54, 1.807) is 0 Å². The molecule has 15 nitrogen and oxygen atoms in total. The van der Waals surface area contributed by atoms with Gasteiger partial charge in [-0.2, -0.15) is 0 Å². The zero-order valence-electron chi connectivity index (χ0n) is 21.7. The van der Waals surface area contributed by atoms with E-state index < -0.39 is 97.1 Å². The van der Waals surface area contributed by atoms with Crippen LogP contribution in [-0.4, -0.2) is 119 Å². The first-order chi connectivity index (χ1) is 20.0. The molecule has 2 saturated heterocycles. The average Bonchev–Trinajstić information content (AvgIpc) is 2.97.